The zero-order valence-electron chi connectivity index (χ0n) is 10.9. The van der Waals surface area contributed by atoms with Crippen molar-refractivity contribution in [1.29, 1.82) is 0 Å². The van der Waals surface area contributed by atoms with Gasteiger partial charge in [-0.05, 0) is 36.5 Å². The summed E-state index contributed by atoms with van der Waals surface area (Å²) in [5.74, 6) is 2.54. The summed E-state index contributed by atoms with van der Waals surface area (Å²) in [4.78, 5) is 13.4. The van der Waals surface area contributed by atoms with Crippen LogP contribution in [0, 0.1) is 5.92 Å². The molecule has 1 atom stereocenters. The summed E-state index contributed by atoms with van der Waals surface area (Å²) in [5, 5.41) is 8.91. The van der Waals surface area contributed by atoms with Crippen molar-refractivity contribution in [3.63, 3.8) is 0 Å². The van der Waals surface area contributed by atoms with Crippen molar-refractivity contribution in [3.8, 4) is 0 Å². The molecule has 3 nitrogen and oxygen atoms in total. The van der Waals surface area contributed by atoms with Gasteiger partial charge in [-0.3, -0.25) is 4.90 Å². The van der Waals surface area contributed by atoms with Gasteiger partial charge in [-0.1, -0.05) is 12.1 Å². The summed E-state index contributed by atoms with van der Waals surface area (Å²) in [5.41, 5.74) is 1.60. The van der Waals surface area contributed by atoms with Crippen molar-refractivity contribution in [2.75, 3.05) is 18.1 Å². The van der Waals surface area contributed by atoms with Crippen molar-refractivity contribution >= 4 is 17.7 Å². The summed E-state index contributed by atoms with van der Waals surface area (Å²) in [7, 11) is 0. The molecule has 1 unspecified atom stereocenters. The van der Waals surface area contributed by atoms with Gasteiger partial charge in [-0.2, -0.15) is 11.8 Å². The van der Waals surface area contributed by atoms with Crippen LogP contribution in [0.5, 0.6) is 0 Å². The molecule has 19 heavy (non-hydrogen) atoms. The van der Waals surface area contributed by atoms with Gasteiger partial charge in [-0.15, -0.1) is 0 Å². The number of hydrogen-bond donors (Lipinski definition) is 1. The molecular weight excluding hydrogens is 258 g/mol. The van der Waals surface area contributed by atoms with Crippen molar-refractivity contribution < 1.29 is 9.90 Å². The minimum atomic E-state index is -0.850. The molecule has 2 fully saturated rings. The molecule has 1 saturated heterocycles. The molecule has 1 aliphatic heterocycles. The lowest BCUT2D eigenvalue weighted by atomic mass is 10.1. The lowest BCUT2D eigenvalue weighted by molar-refractivity contribution is 0.0697. The van der Waals surface area contributed by atoms with Crippen LogP contribution < -0.4 is 0 Å². The molecular formula is C15H19NO2S. The molecule has 1 N–H and O–H groups in total. The highest BCUT2D eigenvalue weighted by Gasteiger charge is 2.36. The monoisotopic (exact) mass is 277 g/mol. The van der Waals surface area contributed by atoms with Crippen molar-refractivity contribution in [1.82, 2.24) is 4.90 Å². The number of benzene rings is 1. The van der Waals surface area contributed by atoms with E-state index in [0.29, 0.717) is 5.56 Å². The first-order chi connectivity index (χ1) is 9.24. The zero-order valence-corrected chi connectivity index (χ0v) is 11.7. The quantitative estimate of drug-likeness (QED) is 0.918. The lowest BCUT2D eigenvalue weighted by Crippen LogP contribution is -2.43. The zero-order chi connectivity index (χ0) is 13.2. The number of aromatic carboxylic acids is 1. The Hall–Kier alpha value is -1.00. The Labute approximate surface area is 118 Å². The van der Waals surface area contributed by atoms with Gasteiger partial charge in [0.05, 0.1) is 5.56 Å². The Morgan fingerprint density at radius 2 is 2.05 bits per heavy atom. The van der Waals surface area contributed by atoms with Crippen LogP contribution in [0.25, 0.3) is 0 Å². The maximum absolute atomic E-state index is 10.8. The minimum Gasteiger partial charge on any atom is -0.478 e. The van der Waals surface area contributed by atoms with Crippen LogP contribution in [-0.4, -0.2) is 40.1 Å². The highest BCUT2D eigenvalue weighted by atomic mass is 32.2. The van der Waals surface area contributed by atoms with Gasteiger partial charge in [0.15, 0.2) is 0 Å². The Balaban J connectivity index is 1.67. The molecule has 3 rings (SSSR count). The predicted octanol–water partition coefficient (Wildman–Crippen LogP) is 2.71. The molecule has 1 aromatic rings. The maximum atomic E-state index is 10.8. The second-order valence-electron chi connectivity index (χ2n) is 5.45. The Kier molecular flexibility index (Phi) is 3.80. The molecule has 2 aliphatic rings. The fraction of sp³-hybridized carbons (Fsp3) is 0.533. The summed E-state index contributed by atoms with van der Waals surface area (Å²) in [6, 6.07) is 8.06. The Morgan fingerprint density at radius 3 is 2.68 bits per heavy atom. The van der Waals surface area contributed by atoms with E-state index in [0.717, 1.165) is 25.0 Å². The van der Waals surface area contributed by atoms with Crippen LogP contribution in [0.2, 0.25) is 0 Å². The van der Waals surface area contributed by atoms with Gasteiger partial charge in [0.2, 0.25) is 0 Å². The van der Waals surface area contributed by atoms with E-state index in [1.807, 2.05) is 12.1 Å². The Morgan fingerprint density at radius 1 is 1.32 bits per heavy atom. The van der Waals surface area contributed by atoms with E-state index in [1.54, 1.807) is 12.1 Å². The van der Waals surface area contributed by atoms with Gasteiger partial charge in [0, 0.05) is 30.6 Å². The van der Waals surface area contributed by atoms with Crippen LogP contribution in [0.3, 0.4) is 0 Å². The summed E-state index contributed by atoms with van der Waals surface area (Å²) < 4.78 is 0. The number of nitrogens with zero attached hydrogens (tertiary/aromatic N) is 1. The molecule has 0 radical (unpaired) electrons. The van der Waals surface area contributed by atoms with Crippen LogP contribution >= 0.6 is 11.8 Å². The molecule has 0 amide bonds. The highest BCUT2D eigenvalue weighted by molar-refractivity contribution is 7.99. The fourth-order valence-electron chi connectivity index (χ4n) is 2.76. The van der Waals surface area contributed by atoms with E-state index in [2.05, 4.69) is 16.7 Å². The first-order valence-corrected chi connectivity index (χ1v) is 8.03. The van der Waals surface area contributed by atoms with Crippen LogP contribution in [0.4, 0.5) is 0 Å². The van der Waals surface area contributed by atoms with Crippen LogP contribution in [0.15, 0.2) is 24.3 Å². The summed E-state index contributed by atoms with van der Waals surface area (Å²) >= 11 is 2.07. The van der Waals surface area contributed by atoms with E-state index in [4.69, 9.17) is 5.11 Å². The third-order valence-corrected chi connectivity index (χ3v) is 5.08. The third-order valence-electron chi connectivity index (χ3n) is 4.03. The lowest BCUT2D eigenvalue weighted by Gasteiger charge is -2.35. The van der Waals surface area contributed by atoms with Gasteiger partial charge in [0.25, 0.3) is 0 Å². The molecule has 4 heteroatoms. The first kappa shape index (κ1) is 13.0. The van der Waals surface area contributed by atoms with Gasteiger partial charge in [0.1, 0.15) is 0 Å². The van der Waals surface area contributed by atoms with Crippen molar-refractivity contribution in [3.05, 3.63) is 35.4 Å². The van der Waals surface area contributed by atoms with Crippen molar-refractivity contribution in [2.45, 2.75) is 25.4 Å². The molecule has 0 aromatic heterocycles. The maximum Gasteiger partial charge on any atom is 0.335 e. The fourth-order valence-corrected chi connectivity index (χ4v) is 4.01. The number of rotatable bonds is 4. The third kappa shape index (κ3) is 3.12. The second-order valence-corrected chi connectivity index (χ2v) is 6.60. The minimum absolute atomic E-state index is 0.372. The second kappa shape index (κ2) is 5.55. The highest BCUT2D eigenvalue weighted by Crippen LogP contribution is 2.39. The molecule has 1 aliphatic carbocycles. The van der Waals surface area contributed by atoms with Gasteiger partial charge >= 0.3 is 5.97 Å². The van der Waals surface area contributed by atoms with E-state index in [1.165, 1.54) is 29.9 Å². The molecule has 1 saturated carbocycles. The largest absolute Gasteiger partial charge is 0.478 e. The SMILES string of the molecule is O=C(O)c1ccc(CN2CCSCC2C2CC2)cc1. The van der Waals surface area contributed by atoms with E-state index >= 15 is 0 Å². The standard InChI is InChI=1S/C15H19NO2S/c17-15(18)13-3-1-11(2-4-13)9-16-7-8-19-10-14(16)12-5-6-12/h1-4,12,14H,5-10H2,(H,17,18). The van der Waals surface area contributed by atoms with Gasteiger partial charge in [-0.25, -0.2) is 4.79 Å². The summed E-state index contributed by atoms with van der Waals surface area (Å²) in [6.07, 6.45) is 2.78. The number of carbonyl (C=O) groups is 1. The van der Waals surface area contributed by atoms with Gasteiger partial charge < -0.3 is 5.11 Å². The van der Waals surface area contributed by atoms with Crippen LogP contribution in [-0.2, 0) is 6.54 Å². The summed E-state index contributed by atoms with van der Waals surface area (Å²) in [6.45, 7) is 2.12. The average Bonchev–Trinajstić information content (AvgIpc) is 3.24. The molecule has 1 heterocycles. The van der Waals surface area contributed by atoms with Crippen molar-refractivity contribution in [2.24, 2.45) is 5.92 Å². The number of hydrogen-bond acceptors (Lipinski definition) is 3. The molecule has 0 bridgehead atoms. The molecule has 0 spiro atoms. The molecule has 102 valence electrons. The molecule has 1 aromatic carbocycles. The Bertz CT molecular complexity index is 456. The van der Waals surface area contributed by atoms with E-state index in [-0.39, 0.29) is 0 Å². The number of thioether (sulfide) groups is 1. The predicted molar refractivity (Wildman–Crippen MR) is 77.6 cm³/mol. The number of carboxylic acids is 1. The average molecular weight is 277 g/mol. The first-order valence-electron chi connectivity index (χ1n) is 6.88. The van der Waals surface area contributed by atoms with E-state index < -0.39 is 5.97 Å². The normalized spacial score (nSPS) is 24.3. The topological polar surface area (TPSA) is 40.5 Å². The smallest absolute Gasteiger partial charge is 0.335 e. The number of carboxylic acid groups (broad SMARTS) is 1. The van der Waals surface area contributed by atoms with Crippen LogP contribution in [0.1, 0.15) is 28.8 Å². The van der Waals surface area contributed by atoms with E-state index in [9.17, 15) is 4.79 Å².